The van der Waals surface area contributed by atoms with Gasteiger partial charge in [-0.25, -0.2) is 4.98 Å². The first-order valence-corrected chi connectivity index (χ1v) is 8.14. The molecule has 0 fully saturated rings. The summed E-state index contributed by atoms with van der Waals surface area (Å²) < 4.78 is 7.83. The Kier molecular flexibility index (Phi) is 6.46. The molecule has 1 N–H and O–H groups in total. The second-order valence-electron chi connectivity index (χ2n) is 5.86. The number of unbranched alkanes of at least 4 members (excludes halogenated alkanes) is 1. The molecule has 1 aromatic heterocycles. The van der Waals surface area contributed by atoms with Gasteiger partial charge in [-0.05, 0) is 44.5 Å². The number of nitrogens with zero attached hydrogens (tertiary/aromatic N) is 2. The number of ether oxygens (including phenoxy) is 1. The van der Waals surface area contributed by atoms with E-state index in [4.69, 9.17) is 4.74 Å². The maximum Gasteiger partial charge on any atom is 0.119 e. The number of benzene rings is 1. The molecular formula is C18H27N3O. The first-order chi connectivity index (χ1) is 10.7. The summed E-state index contributed by atoms with van der Waals surface area (Å²) in [4.78, 5) is 4.13. The summed E-state index contributed by atoms with van der Waals surface area (Å²) in [6, 6.07) is 8.69. The lowest BCUT2D eigenvalue weighted by molar-refractivity contribution is 0.242. The number of hydrogen-bond acceptors (Lipinski definition) is 3. The van der Waals surface area contributed by atoms with Crippen molar-refractivity contribution in [1.82, 2.24) is 14.9 Å². The first-order valence-electron chi connectivity index (χ1n) is 8.14. The van der Waals surface area contributed by atoms with Crippen molar-refractivity contribution in [3.63, 3.8) is 0 Å². The van der Waals surface area contributed by atoms with Crippen LogP contribution in [-0.2, 0) is 6.54 Å². The van der Waals surface area contributed by atoms with E-state index in [1.165, 1.54) is 18.4 Å². The topological polar surface area (TPSA) is 39.1 Å². The van der Waals surface area contributed by atoms with Crippen LogP contribution in [0.15, 0.2) is 43.0 Å². The Hall–Kier alpha value is -1.81. The lowest BCUT2D eigenvalue weighted by Crippen LogP contribution is -2.26. The molecule has 1 atom stereocenters. The largest absolute Gasteiger partial charge is 0.491 e. The van der Waals surface area contributed by atoms with E-state index in [1.54, 1.807) is 0 Å². The zero-order chi connectivity index (χ0) is 15.8. The Balaban J connectivity index is 2.05. The minimum atomic E-state index is 0.204. The Morgan fingerprint density at radius 3 is 2.59 bits per heavy atom. The highest BCUT2D eigenvalue weighted by Gasteiger charge is 2.12. The number of imidazole rings is 1. The van der Waals surface area contributed by atoms with Gasteiger partial charge < -0.3 is 14.6 Å². The van der Waals surface area contributed by atoms with E-state index in [1.807, 2.05) is 32.6 Å². The van der Waals surface area contributed by atoms with Gasteiger partial charge in [0.05, 0.1) is 18.5 Å². The van der Waals surface area contributed by atoms with Gasteiger partial charge >= 0.3 is 0 Å². The molecule has 4 heteroatoms. The molecule has 0 radical (unpaired) electrons. The molecule has 1 unspecified atom stereocenters. The van der Waals surface area contributed by atoms with E-state index >= 15 is 0 Å². The lowest BCUT2D eigenvalue weighted by atomic mass is 10.1. The SMILES string of the molecule is CCCCNC(Cn1ccnc1)c1ccc(OC(C)C)cc1. The van der Waals surface area contributed by atoms with Crippen LogP contribution in [0.3, 0.4) is 0 Å². The molecule has 0 saturated carbocycles. The number of aromatic nitrogens is 2. The zero-order valence-electron chi connectivity index (χ0n) is 13.8. The van der Waals surface area contributed by atoms with Crippen molar-refractivity contribution in [2.24, 2.45) is 0 Å². The van der Waals surface area contributed by atoms with Gasteiger partial charge in [-0.2, -0.15) is 0 Å². The van der Waals surface area contributed by atoms with Gasteiger partial charge in [0.25, 0.3) is 0 Å². The maximum atomic E-state index is 5.72. The average Bonchev–Trinajstić information content (AvgIpc) is 3.00. The Morgan fingerprint density at radius 2 is 2.00 bits per heavy atom. The fourth-order valence-electron chi connectivity index (χ4n) is 2.40. The van der Waals surface area contributed by atoms with Crippen LogP contribution in [0.2, 0.25) is 0 Å². The van der Waals surface area contributed by atoms with Crippen LogP contribution in [0.5, 0.6) is 5.75 Å². The average molecular weight is 301 g/mol. The molecule has 0 bridgehead atoms. The van der Waals surface area contributed by atoms with Gasteiger partial charge in [0, 0.05) is 18.9 Å². The third-order valence-corrected chi connectivity index (χ3v) is 3.53. The monoisotopic (exact) mass is 301 g/mol. The molecule has 0 aliphatic heterocycles. The van der Waals surface area contributed by atoms with E-state index in [9.17, 15) is 0 Å². The van der Waals surface area contributed by atoms with Crippen LogP contribution in [0.25, 0.3) is 0 Å². The molecule has 0 amide bonds. The molecule has 120 valence electrons. The molecule has 1 aromatic carbocycles. The minimum Gasteiger partial charge on any atom is -0.491 e. The predicted molar refractivity (Wildman–Crippen MR) is 90.1 cm³/mol. The number of hydrogen-bond donors (Lipinski definition) is 1. The van der Waals surface area contributed by atoms with Crippen LogP contribution in [0.4, 0.5) is 0 Å². The van der Waals surface area contributed by atoms with E-state index in [-0.39, 0.29) is 12.1 Å². The summed E-state index contributed by atoms with van der Waals surface area (Å²) in [5.74, 6) is 0.925. The molecular weight excluding hydrogens is 274 g/mol. The van der Waals surface area contributed by atoms with Crippen LogP contribution in [0.1, 0.15) is 45.2 Å². The number of nitrogens with one attached hydrogen (secondary N) is 1. The fourth-order valence-corrected chi connectivity index (χ4v) is 2.40. The summed E-state index contributed by atoms with van der Waals surface area (Å²) in [6.45, 7) is 8.21. The second-order valence-corrected chi connectivity index (χ2v) is 5.86. The summed E-state index contributed by atoms with van der Waals surface area (Å²) >= 11 is 0. The van der Waals surface area contributed by atoms with Crippen LogP contribution in [-0.4, -0.2) is 22.2 Å². The summed E-state index contributed by atoms with van der Waals surface area (Å²) in [5.41, 5.74) is 1.28. The molecule has 22 heavy (non-hydrogen) atoms. The van der Waals surface area contributed by atoms with Crippen molar-refractivity contribution in [3.05, 3.63) is 48.5 Å². The second kappa shape index (κ2) is 8.59. The Morgan fingerprint density at radius 1 is 1.23 bits per heavy atom. The summed E-state index contributed by atoms with van der Waals surface area (Å²) in [7, 11) is 0. The van der Waals surface area contributed by atoms with Crippen molar-refractivity contribution in [1.29, 1.82) is 0 Å². The molecule has 0 spiro atoms. The van der Waals surface area contributed by atoms with Gasteiger partial charge in [-0.3, -0.25) is 0 Å². The Labute approximate surface area is 133 Å². The first kappa shape index (κ1) is 16.6. The summed E-state index contributed by atoms with van der Waals surface area (Å²) in [5, 5.41) is 3.65. The third-order valence-electron chi connectivity index (χ3n) is 3.53. The standard InChI is InChI=1S/C18H27N3O/c1-4-5-10-20-18(13-21-12-11-19-14-21)16-6-8-17(9-7-16)22-15(2)3/h6-9,11-12,14-15,18,20H,4-5,10,13H2,1-3H3. The highest BCUT2D eigenvalue weighted by atomic mass is 16.5. The van der Waals surface area contributed by atoms with Gasteiger partial charge in [0.2, 0.25) is 0 Å². The molecule has 0 aliphatic rings. The van der Waals surface area contributed by atoms with E-state index in [2.05, 4.69) is 46.1 Å². The van der Waals surface area contributed by atoms with E-state index in [0.29, 0.717) is 0 Å². The molecule has 2 rings (SSSR count). The summed E-state index contributed by atoms with van der Waals surface area (Å²) in [6.07, 6.45) is 8.29. The van der Waals surface area contributed by atoms with Crippen molar-refractivity contribution < 1.29 is 4.74 Å². The molecule has 1 heterocycles. The minimum absolute atomic E-state index is 0.204. The van der Waals surface area contributed by atoms with E-state index < -0.39 is 0 Å². The predicted octanol–water partition coefficient (Wildman–Crippen LogP) is 3.80. The maximum absolute atomic E-state index is 5.72. The van der Waals surface area contributed by atoms with Gasteiger partial charge in [-0.15, -0.1) is 0 Å². The normalized spacial score (nSPS) is 12.5. The van der Waals surface area contributed by atoms with Crippen LogP contribution in [0, 0.1) is 0 Å². The van der Waals surface area contributed by atoms with Gasteiger partial charge in [-0.1, -0.05) is 25.5 Å². The van der Waals surface area contributed by atoms with Gasteiger partial charge in [0.1, 0.15) is 5.75 Å². The molecule has 0 aliphatic carbocycles. The molecule has 2 aromatic rings. The Bertz CT molecular complexity index is 520. The number of rotatable bonds is 9. The lowest BCUT2D eigenvalue weighted by Gasteiger charge is -2.20. The zero-order valence-corrected chi connectivity index (χ0v) is 13.8. The molecule has 4 nitrogen and oxygen atoms in total. The van der Waals surface area contributed by atoms with Crippen molar-refractivity contribution in [2.45, 2.75) is 52.3 Å². The smallest absolute Gasteiger partial charge is 0.119 e. The highest BCUT2D eigenvalue weighted by Crippen LogP contribution is 2.20. The van der Waals surface area contributed by atoms with Gasteiger partial charge in [0.15, 0.2) is 0 Å². The van der Waals surface area contributed by atoms with Crippen molar-refractivity contribution in [3.8, 4) is 5.75 Å². The van der Waals surface area contributed by atoms with Crippen LogP contribution >= 0.6 is 0 Å². The van der Waals surface area contributed by atoms with E-state index in [0.717, 1.165) is 18.8 Å². The highest BCUT2D eigenvalue weighted by molar-refractivity contribution is 5.29. The fraction of sp³-hybridized carbons (Fsp3) is 0.500. The quantitative estimate of drug-likeness (QED) is 0.716. The molecule has 0 saturated heterocycles. The van der Waals surface area contributed by atoms with Crippen molar-refractivity contribution in [2.75, 3.05) is 6.54 Å². The van der Waals surface area contributed by atoms with Crippen LogP contribution < -0.4 is 10.1 Å². The third kappa shape index (κ3) is 5.19. The van der Waals surface area contributed by atoms with Crippen molar-refractivity contribution >= 4 is 0 Å².